The molecule has 164 valence electrons. The Morgan fingerprint density at radius 2 is 2.00 bits per heavy atom. The predicted octanol–water partition coefficient (Wildman–Crippen LogP) is 3.22. The monoisotopic (exact) mass is 421 g/mol. The highest BCUT2D eigenvalue weighted by Crippen LogP contribution is 2.38. The van der Waals surface area contributed by atoms with Gasteiger partial charge in [0, 0.05) is 44.2 Å². The maximum absolute atomic E-state index is 13.3. The summed E-state index contributed by atoms with van der Waals surface area (Å²) >= 11 is 0. The molecule has 6 heteroatoms. The molecule has 0 aliphatic carbocycles. The van der Waals surface area contributed by atoms with Crippen LogP contribution < -0.4 is 5.32 Å². The zero-order valence-corrected chi connectivity index (χ0v) is 18.2. The minimum atomic E-state index is -0.526. The average molecular weight is 422 g/mol. The SMILES string of the molecule is CCNC(=O)C1(Cc2ccccc2-c2cccnc2)CCN(C(=O)C2CCCO2)CC1. The molecule has 2 aliphatic rings. The van der Waals surface area contributed by atoms with Gasteiger partial charge in [-0.3, -0.25) is 14.6 Å². The number of aromatic nitrogens is 1. The van der Waals surface area contributed by atoms with Crippen molar-refractivity contribution in [2.24, 2.45) is 5.41 Å². The summed E-state index contributed by atoms with van der Waals surface area (Å²) in [5.74, 6) is 0.165. The molecule has 2 saturated heterocycles. The number of nitrogens with one attached hydrogen (secondary N) is 1. The van der Waals surface area contributed by atoms with E-state index in [0.29, 0.717) is 45.5 Å². The van der Waals surface area contributed by atoms with Crippen molar-refractivity contribution in [2.75, 3.05) is 26.2 Å². The van der Waals surface area contributed by atoms with E-state index in [9.17, 15) is 9.59 Å². The smallest absolute Gasteiger partial charge is 0.251 e. The first-order chi connectivity index (χ1) is 15.1. The topological polar surface area (TPSA) is 71.5 Å². The zero-order valence-electron chi connectivity index (χ0n) is 18.2. The number of hydrogen-bond acceptors (Lipinski definition) is 4. The minimum absolute atomic E-state index is 0.0813. The van der Waals surface area contributed by atoms with Gasteiger partial charge in [-0.15, -0.1) is 0 Å². The molecule has 1 aromatic carbocycles. The van der Waals surface area contributed by atoms with Crippen molar-refractivity contribution in [1.82, 2.24) is 15.2 Å². The third kappa shape index (κ3) is 4.64. The van der Waals surface area contributed by atoms with Crippen LogP contribution in [0, 0.1) is 5.41 Å². The molecule has 1 aromatic heterocycles. The van der Waals surface area contributed by atoms with E-state index < -0.39 is 5.41 Å². The molecular weight excluding hydrogens is 390 g/mol. The lowest BCUT2D eigenvalue weighted by molar-refractivity contribution is -0.146. The molecule has 3 heterocycles. The molecule has 4 rings (SSSR count). The lowest BCUT2D eigenvalue weighted by Gasteiger charge is -2.41. The predicted molar refractivity (Wildman–Crippen MR) is 119 cm³/mol. The van der Waals surface area contributed by atoms with E-state index in [2.05, 4.69) is 22.4 Å². The van der Waals surface area contributed by atoms with Gasteiger partial charge in [-0.25, -0.2) is 0 Å². The lowest BCUT2D eigenvalue weighted by Crippen LogP contribution is -2.52. The van der Waals surface area contributed by atoms with Crippen LogP contribution >= 0.6 is 0 Å². The maximum Gasteiger partial charge on any atom is 0.251 e. The van der Waals surface area contributed by atoms with Gasteiger partial charge < -0.3 is 15.0 Å². The summed E-state index contributed by atoms with van der Waals surface area (Å²) in [6, 6.07) is 12.2. The van der Waals surface area contributed by atoms with E-state index in [-0.39, 0.29) is 17.9 Å². The molecule has 31 heavy (non-hydrogen) atoms. The Bertz CT molecular complexity index is 901. The molecule has 1 N–H and O–H groups in total. The zero-order chi connectivity index (χ0) is 21.7. The van der Waals surface area contributed by atoms with Crippen molar-refractivity contribution in [2.45, 2.75) is 45.1 Å². The Morgan fingerprint density at radius 1 is 1.19 bits per heavy atom. The highest BCUT2D eigenvalue weighted by molar-refractivity contribution is 5.85. The van der Waals surface area contributed by atoms with E-state index in [1.807, 2.05) is 42.3 Å². The summed E-state index contributed by atoms with van der Waals surface area (Å²) in [6.45, 7) is 4.39. The van der Waals surface area contributed by atoms with Gasteiger partial charge in [0.2, 0.25) is 5.91 Å². The van der Waals surface area contributed by atoms with Crippen molar-refractivity contribution in [3.8, 4) is 11.1 Å². The number of rotatable bonds is 6. The van der Waals surface area contributed by atoms with Crippen molar-refractivity contribution >= 4 is 11.8 Å². The van der Waals surface area contributed by atoms with E-state index in [4.69, 9.17) is 4.74 Å². The first kappa shape index (κ1) is 21.5. The molecule has 2 fully saturated rings. The fourth-order valence-electron chi connectivity index (χ4n) is 4.81. The molecule has 2 aliphatic heterocycles. The molecule has 6 nitrogen and oxygen atoms in total. The van der Waals surface area contributed by atoms with Gasteiger partial charge >= 0.3 is 0 Å². The van der Waals surface area contributed by atoms with Gasteiger partial charge in [0.15, 0.2) is 0 Å². The second kappa shape index (κ2) is 9.60. The van der Waals surface area contributed by atoms with E-state index in [1.165, 1.54) is 0 Å². The summed E-state index contributed by atoms with van der Waals surface area (Å²) in [7, 11) is 0. The molecule has 1 atom stereocenters. The Labute approximate surface area is 184 Å². The van der Waals surface area contributed by atoms with Gasteiger partial charge in [-0.05, 0) is 56.2 Å². The number of ether oxygens (including phenoxy) is 1. The lowest BCUT2D eigenvalue weighted by atomic mass is 9.72. The van der Waals surface area contributed by atoms with E-state index in [0.717, 1.165) is 29.5 Å². The fourth-order valence-corrected chi connectivity index (χ4v) is 4.81. The van der Waals surface area contributed by atoms with Gasteiger partial charge in [-0.2, -0.15) is 0 Å². The Morgan fingerprint density at radius 3 is 2.68 bits per heavy atom. The Kier molecular flexibility index (Phi) is 6.66. The number of pyridine rings is 1. The third-order valence-corrected chi connectivity index (χ3v) is 6.58. The van der Waals surface area contributed by atoms with Crippen molar-refractivity contribution in [1.29, 1.82) is 0 Å². The highest BCUT2D eigenvalue weighted by atomic mass is 16.5. The number of carbonyl (C=O) groups excluding carboxylic acids is 2. The van der Waals surface area contributed by atoms with E-state index >= 15 is 0 Å². The van der Waals surface area contributed by atoms with Gasteiger partial charge in [-0.1, -0.05) is 30.3 Å². The fraction of sp³-hybridized carbons (Fsp3) is 0.480. The third-order valence-electron chi connectivity index (χ3n) is 6.58. The highest BCUT2D eigenvalue weighted by Gasteiger charge is 2.43. The first-order valence-corrected chi connectivity index (χ1v) is 11.3. The largest absolute Gasteiger partial charge is 0.368 e. The normalized spacial score (nSPS) is 20.4. The quantitative estimate of drug-likeness (QED) is 0.777. The molecule has 0 saturated carbocycles. The van der Waals surface area contributed by atoms with Crippen LogP contribution in [0.4, 0.5) is 0 Å². The Balaban J connectivity index is 1.56. The van der Waals surface area contributed by atoms with Crippen LogP contribution in [0.5, 0.6) is 0 Å². The van der Waals surface area contributed by atoms with Crippen molar-refractivity contribution < 1.29 is 14.3 Å². The number of carbonyl (C=O) groups is 2. The van der Waals surface area contributed by atoms with Crippen LogP contribution in [0.3, 0.4) is 0 Å². The number of nitrogens with zero attached hydrogens (tertiary/aromatic N) is 2. The summed E-state index contributed by atoms with van der Waals surface area (Å²) < 4.78 is 5.59. The summed E-state index contributed by atoms with van der Waals surface area (Å²) in [5, 5.41) is 3.06. The standard InChI is InChI=1S/C25H31N3O3/c1-2-27-24(30)25(11-14-28(15-12-25)23(29)22-10-6-16-31-22)17-19-7-3-4-9-21(19)20-8-5-13-26-18-20/h3-5,7-9,13,18,22H,2,6,10-12,14-17H2,1H3,(H,27,30). The molecule has 2 amide bonds. The van der Waals surface area contributed by atoms with Crippen LogP contribution in [-0.4, -0.2) is 54.0 Å². The molecule has 0 radical (unpaired) electrons. The molecule has 0 spiro atoms. The minimum Gasteiger partial charge on any atom is -0.368 e. The van der Waals surface area contributed by atoms with Gasteiger partial charge in [0.25, 0.3) is 5.91 Å². The number of amides is 2. The van der Waals surface area contributed by atoms with Crippen LogP contribution in [-0.2, 0) is 20.7 Å². The van der Waals surface area contributed by atoms with Crippen LogP contribution in [0.15, 0.2) is 48.8 Å². The van der Waals surface area contributed by atoms with E-state index in [1.54, 1.807) is 6.20 Å². The number of hydrogen-bond donors (Lipinski definition) is 1. The summed E-state index contributed by atoms with van der Waals surface area (Å²) in [6.07, 6.45) is 7.02. The van der Waals surface area contributed by atoms with Crippen LogP contribution in [0.1, 0.15) is 38.2 Å². The molecule has 0 bridgehead atoms. The summed E-state index contributed by atoms with van der Waals surface area (Å²) in [4.78, 5) is 32.2. The van der Waals surface area contributed by atoms with Crippen molar-refractivity contribution in [3.05, 3.63) is 54.4 Å². The molecule has 1 unspecified atom stereocenters. The number of piperidine rings is 1. The van der Waals surface area contributed by atoms with Gasteiger partial charge in [0.05, 0.1) is 5.41 Å². The van der Waals surface area contributed by atoms with Crippen molar-refractivity contribution in [3.63, 3.8) is 0 Å². The van der Waals surface area contributed by atoms with Crippen LogP contribution in [0.25, 0.3) is 11.1 Å². The number of likely N-dealkylation sites (tertiary alicyclic amines) is 1. The Hall–Kier alpha value is -2.73. The second-order valence-electron chi connectivity index (χ2n) is 8.54. The first-order valence-electron chi connectivity index (χ1n) is 11.3. The maximum atomic E-state index is 13.3. The second-order valence-corrected chi connectivity index (χ2v) is 8.54. The van der Waals surface area contributed by atoms with Crippen LogP contribution in [0.2, 0.25) is 0 Å². The number of benzene rings is 1. The summed E-state index contributed by atoms with van der Waals surface area (Å²) in [5.41, 5.74) is 2.77. The average Bonchev–Trinajstić information content (AvgIpc) is 3.35. The molecule has 2 aromatic rings. The van der Waals surface area contributed by atoms with Gasteiger partial charge in [0.1, 0.15) is 6.10 Å². The molecular formula is C25H31N3O3.